The minimum Gasteiger partial charge on any atom is -0.479 e. The van der Waals surface area contributed by atoms with Crippen molar-refractivity contribution in [1.82, 2.24) is 10.3 Å². The molecule has 0 aliphatic heterocycles. The van der Waals surface area contributed by atoms with Gasteiger partial charge in [0.05, 0.1) is 16.2 Å². The zero-order valence-electron chi connectivity index (χ0n) is 11.3. The molecule has 0 aliphatic carbocycles. The van der Waals surface area contributed by atoms with Crippen molar-refractivity contribution in [1.29, 1.82) is 0 Å². The number of ether oxygens (including phenoxy) is 1. The van der Waals surface area contributed by atoms with Crippen molar-refractivity contribution < 1.29 is 13.9 Å². The van der Waals surface area contributed by atoms with E-state index >= 15 is 0 Å². The lowest BCUT2D eigenvalue weighted by atomic mass is 10.3. The summed E-state index contributed by atoms with van der Waals surface area (Å²) < 4.78 is 18.3. The van der Waals surface area contributed by atoms with E-state index < -0.39 is 11.9 Å². The summed E-state index contributed by atoms with van der Waals surface area (Å²) in [6, 6.07) is 3.77. The van der Waals surface area contributed by atoms with Gasteiger partial charge in [-0.05, 0) is 25.1 Å². The van der Waals surface area contributed by atoms with Crippen LogP contribution in [0.3, 0.4) is 0 Å². The fraction of sp³-hybridized carbons (Fsp3) is 0.286. The molecule has 2 aromatic rings. The smallest absolute Gasteiger partial charge is 0.260 e. The van der Waals surface area contributed by atoms with Gasteiger partial charge in [0.25, 0.3) is 5.91 Å². The van der Waals surface area contributed by atoms with Gasteiger partial charge in [-0.15, -0.1) is 11.3 Å². The molecule has 1 N–H and O–H groups in total. The highest BCUT2D eigenvalue weighted by Crippen LogP contribution is 2.25. The van der Waals surface area contributed by atoms with Gasteiger partial charge in [0.1, 0.15) is 11.6 Å². The fourth-order valence-corrected chi connectivity index (χ4v) is 2.44. The number of amides is 1. The number of hydrogen-bond acceptors (Lipinski definition) is 4. The highest BCUT2D eigenvalue weighted by molar-refractivity contribution is 7.07. The number of nitrogens with one attached hydrogen (secondary N) is 1. The number of thiazole rings is 1. The van der Waals surface area contributed by atoms with Crippen LogP contribution in [0, 0.1) is 5.82 Å². The van der Waals surface area contributed by atoms with Crippen LogP contribution >= 0.6 is 22.9 Å². The summed E-state index contributed by atoms with van der Waals surface area (Å²) in [4.78, 5) is 16.0. The number of carbonyl (C=O) groups excluding carboxylic acids is 1. The number of nitrogens with zero attached hydrogens (tertiary/aromatic N) is 1. The molecule has 0 unspecified atom stereocenters. The summed E-state index contributed by atoms with van der Waals surface area (Å²) in [5.74, 6) is -0.432. The van der Waals surface area contributed by atoms with E-state index in [2.05, 4.69) is 10.3 Å². The quantitative estimate of drug-likeness (QED) is 0.886. The number of carbonyl (C=O) groups is 1. The van der Waals surface area contributed by atoms with E-state index in [1.54, 1.807) is 12.4 Å². The Balaban J connectivity index is 1.81. The van der Waals surface area contributed by atoms with Crippen molar-refractivity contribution in [3.8, 4) is 5.75 Å². The van der Waals surface area contributed by atoms with Gasteiger partial charge in [-0.3, -0.25) is 4.79 Å². The maximum atomic E-state index is 12.9. The minimum atomic E-state index is -0.719. The number of halogens is 2. The largest absolute Gasteiger partial charge is 0.479 e. The van der Waals surface area contributed by atoms with Crippen molar-refractivity contribution in [3.63, 3.8) is 0 Å². The third-order valence-corrected chi connectivity index (χ3v) is 3.66. The van der Waals surface area contributed by atoms with Gasteiger partial charge in [0, 0.05) is 18.3 Å². The molecule has 1 aromatic carbocycles. The molecule has 7 heteroatoms. The second-order valence-electron chi connectivity index (χ2n) is 4.36. The van der Waals surface area contributed by atoms with Crippen molar-refractivity contribution in [2.75, 3.05) is 6.54 Å². The van der Waals surface area contributed by atoms with Gasteiger partial charge < -0.3 is 10.1 Å². The predicted molar refractivity (Wildman–Crippen MR) is 80.3 cm³/mol. The Labute approximate surface area is 130 Å². The first kappa shape index (κ1) is 15.7. The molecule has 1 heterocycles. The second kappa shape index (κ2) is 7.38. The van der Waals surface area contributed by atoms with E-state index in [0.717, 1.165) is 11.8 Å². The lowest BCUT2D eigenvalue weighted by Crippen LogP contribution is -2.37. The molecule has 0 saturated heterocycles. The monoisotopic (exact) mass is 328 g/mol. The van der Waals surface area contributed by atoms with Crippen LogP contribution in [0.5, 0.6) is 5.75 Å². The predicted octanol–water partition coefficient (Wildman–Crippen LogP) is 3.06. The van der Waals surface area contributed by atoms with Gasteiger partial charge in [0.2, 0.25) is 0 Å². The average Bonchev–Trinajstić information content (AvgIpc) is 2.95. The standard InChI is InChI=1S/C14H14ClFN2O2S/c1-9(20-13-3-2-10(16)6-12(13)15)14(19)17-5-4-11-7-21-8-18-11/h2-3,6-9H,4-5H2,1H3,(H,17,19)/t9-/m0/s1. The van der Waals surface area contributed by atoms with Crippen molar-refractivity contribution >= 4 is 28.8 Å². The van der Waals surface area contributed by atoms with Gasteiger partial charge in [0.15, 0.2) is 6.10 Å². The molecule has 2 rings (SSSR count). The van der Waals surface area contributed by atoms with Gasteiger partial charge in [-0.1, -0.05) is 11.6 Å². The van der Waals surface area contributed by atoms with Crippen LogP contribution in [0.4, 0.5) is 4.39 Å². The lowest BCUT2D eigenvalue weighted by molar-refractivity contribution is -0.127. The van der Waals surface area contributed by atoms with E-state index in [0.29, 0.717) is 13.0 Å². The molecular formula is C14H14ClFN2O2S. The molecule has 0 saturated carbocycles. The molecule has 0 spiro atoms. The Morgan fingerprint density at radius 1 is 1.57 bits per heavy atom. The molecular weight excluding hydrogens is 315 g/mol. The molecule has 112 valence electrons. The van der Waals surface area contributed by atoms with Crippen LogP contribution in [0.1, 0.15) is 12.6 Å². The van der Waals surface area contributed by atoms with Crippen LogP contribution in [-0.4, -0.2) is 23.5 Å². The van der Waals surface area contributed by atoms with Crippen LogP contribution in [-0.2, 0) is 11.2 Å². The van der Waals surface area contributed by atoms with E-state index in [4.69, 9.17) is 16.3 Å². The third-order valence-electron chi connectivity index (χ3n) is 2.73. The molecule has 1 atom stereocenters. The highest BCUT2D eigenvalue weighted by Gasteiger charge is 2.16. The number of aromatic nitrogens is 1. The molecule has 0 bridgehead atoms. The van der Waals surface area contributed by atoms with Crippen LogP contribution in [0.25, 0.3) is 0 Å². The van der Waals surface area contributed by atoms with Crippen LogP contribution < -0.4 is 10.1 Å². The highest BCUT2D eigenvalue weighted by atomic mass is 35.5. The SMILES string of the molecule is C[C@H](Oc1ccc(F)cc1Cl)C(=O)NCCc1cscn1. The average molecular weight is 329 g/mol. The first-order valence-corrected chi connectivity index (χ1v) is 7.65. The Hall–Kier alpha value is -1.66. The van der Waals surface area contributed by atoms with E-state index in [9.17, 15) is 9.18 Å². The number of rotatable bonds is 6. The molecule has 0 fully saturated rings. The maximum Gasteiger partial charge on any atom is 0.260 e. The van der Waals surface area contributed by atoms with Crippen molar-refractivity contribution in [2.45, 2.75) is 19.4 Å². The third kappa shape index (κ3) is 4.68. The Morgan fingerprint density at radius 3 is 3.05 bits per heavy atom. The second-order valence-corrected chi connectivity index (χ2v) is 5.48. The van der Waals surface area contributed by atoms with Gasteiger partial charge in [-0.25, -0.2) is 9.37 Å². The van der Waals surface area contributed by atoms with Gasteiger partial charge >= 0.3 is 0 Å². The number of benzene rings is 1. The summed E-state index contributed by atoms with van der Waals surface area (Å²) >= 11 is 7.36. The van der Waals surface area contributed by atoms with E-state index in [1.807, 2.05) is 5.38 Å². The Morgan fingerprint density at radius 2 is 2.38 bits per heavy atom. The first-order valence-electron chi connectivity index (χ1n) is 6.32. The zero-order chi connectivity index (χ0) is 15.2. The summed E-state index contributed by atoms with van der Waals surface area (Å²) in [5, 5.41) is 4.83. The van der Waals surface area contributed by atoms with Crippen molar-refractivity contribution in [2.24, 2.45) is 0 Å². The summed E-state index contributed by atoms with van der Waals surface area (Å²) in [5.41, 5.74) is 2.69. The zero-order valence-corrected chi connectivity index (χ0v) is 12.9. The van der Waals surface area contributed by atoms with E-state index in [-0.39, 0.29) is 16.7 Å². The summed E-state index contributed by atoms with van der Waals surface area (Å²) in [6.07, 6.45) is -0.0531. The molecule has 4 nitrogen and oxygen atoms in total. The van der Waals surface area contributed by atoms with Crippen LogP contribution in [0.15, 0.2) is 29.1 Å². The molecule has 1 aromatic heterocycles. The molecule has 1 amide bonds. The lowest BCUT2D eigenvalue weighted by Gasteiger charge is -2.15. The Kier molecular flexibility index (Phi) is 5.52. The topological polar surface area (TPSA) is 51.2 Å². The normalized spacial score (nSPS) is 12.0. The number of hydrogen-bond donors (Lipinski definition) is 1. The first-order chi connectivity index (χ1) is 10.1. The van der Waals surface area contributed by atoms with Crippen molar-refractivity contribution in [3.05, 3.63) is 45.6 Å². The maximum absolute atomic E-state index is 12.9. The van der Waals surface area contributed by atoms with E-state index in [1.165, 1.54) is 23.5 Å². The molecule has 0 radical (unpaired) electrons. The molecule has 21 heavy (non-hydrogen) atoms. The Bertz CT molecular complexity index is 607. The fourth-order valence-electron chi connectivity index (χ4n) is 1.63. The minimum absolute atomic E-state index is 0.136. The molecule has 0 aliphatic rings. The summed E-state index contributed by atoms with van der Waals surface area (Å²) in [6.45, 7) is 2.09. The summed E-state index contributed by atoms with van der Waals surface area (Å²) in [7, 11) is 0. The van der Waals surface area contributed by atoms with Gasteiger partial charge in [-0.2, -0.15) is 0 Å². The van der Waals surface area contributed by atoms with Crippen LogP contribution in [0.2, 0.25) is 5.02 Å².